The number of hydrogen-bond donors (Lipinski definition) is 1. The zero-order valence-corrected chi connectivity index (χ0v) is 14.2. The fourth-order valence-corrected chi connectivity index (χ4v) is 2.59. The van der Waals surface area contributed by atoms with Gasteiger partial charge in [0.15, 0.2) is 5.69 Å². The van der Waals surface area contributed by atoms with Crippen LogP contribution < -0.4 is 10.1 Å². The third-order valence-corrected chi connectivity index (χ3v) is 3.85. The zero-order chi connectivity index (χ0) is 18.7. The number of nitrogens with one attached hydrogen (secondary N) is 1. The van der Waals surface area contributed by atoms with E-state index in [1.165, 1.54) is 30.0 Å². The molecular weight excluding hydrogens is 335 g/mol. The van der Waals surface area contributed by atoms with Crippen LogP contribution >= 0.6 is 0 Å². The molecule has 0 bridgehead atoms. The van der Waals surface area contributed by atoms with Gasteiger partial charge >= 0.3 is 0 Å². The molecule has 0 aliphatic heterocycles. The molecule has 3 aromatic rings. The van der Waals surface area contributed by atoms with Crippen molar-refractivity contribution >= 4 is 11.6 Å². The molecule has 0 aliphatic rings. The van der Waals surface area contributed by atoms with Crippen LogP contribution in [-0.4, -0.2) is 22.8 Å². The maximum atomic E-state index is 13.6. The molecule has 0 saturated carbocycles. The Morgan fingerprint density at radius 1 is 1.27 bits per heavy atom. The van der Waals surface area contributed by atoms with Gasteiger partial charge in [0.25, 0.3) is 5.91 Å². The highest BCUT2D eigenvalue weighted by atomic mass is 19.1. The lowest BCUT2D eigenvalue weighted by Crippen LogP contribution is -2.13. The van der Waals surface area contributed by atoms with Crippen LogP contribution in [0.2, 0.25) is 0 Å². The van der Waals surface area contributed by atoms with Gasteiger partial charge < -0.3 is 10.1 Å². The molecule has 0 radical (unpaired) electrons. The summed E-state index contributed by atoms with van der Waals surface area (Å²) >= 11 is 0. The first kappa shape index (κ1) is 17.2. The van der Waals surface area contributed by atoms with Crippen molar-refractivity contribution < 1.29 is 13.9 Å². The number of aryl methyl sites for hydroxylation is 1. The van der Waals surface area contributed by atoms with Crippen LogP contribution in [0, 0.1) is 17.1 Å². The van der Waals surface area contributed by atoms with Crippen LogP contribution in [0.5, 0.6) is 5.75 Å². The molecule has 2 aromatic carbocycles. The van der Waals surface area contributed by atoms with Crippen LogP contribution in [0.3, 0.4) is 0 Å². The average Bonchev–Trinajstić information content (AvgIpc) is 3.04. The van der Waals surface area contributed by atoms with Crippen LogP contribution in [-0.2, 0) is 7.05 Å². The molecule has 1 amide bonds. The van der Waals surface area contributed by atoms with Gasteiger partial charge in [-0.1, -0.05) is 12.1 Å². The van der Waals surface area contributed by atoms with Gasteiger partial charge in [-0.2, -0.15) is 10.4 Å². The van der Waals surface area contributed by atoms with E-state index in [0.717, 1.165) is 0 Å². The SMILES string of the molecule is COc1ccc(F)cc1-c1cc(C(=O)Nc2ccccc2C#N)nn1C. The number of hydrogen-bond acceptors (Lipinski definition) is 4. The van der Waals surface area contributed by atoms with Crippen LogP contribution in [0.4, 0.5) is 10.1 Å². The highest BCUT2D eigenvalue weighted by Gasteiger charge is 2.18. The van der Waals surface area contributed by atoms with E-state index in [0.29, 0.717) is 28.3 Å². The fraction of sp³-hybridized carbons (Fsp3) is 0.105. The Balaban J connectivity index is 1.95. The number of nitrogens with zero attached hydrogens (tertiary/aromatic N) is 3. The number of methoxy groups -OCH3 is 1. The number of benzene rings is 2. The maximum absolute atomic E-state index is 13.6. The van der Waals surface area contributed by atoms with Crippen molar-refractivity contribution in [3.63, 3.8) is 0 Å². The first-order chi connectivity index (χ1) is 12.5. The van der Waals surface area contributed by atoms with Gasteiger partial charge in [0.1, 0.15) is 17.6 Å². The van der Waals surface area contributed by atoms with E-state index in [1.54, 1.807) is 37.4 Å². The highest BCUT2D eigenvalue weighted by Crippen LogP contribution is 2.31. The molecule has 26 heavy (non-hydrogen) atoms. The minimum Gasteiger partial charge on any atom is -0.496 e. The van der Waals surface area contributed by atoms with Crippen molar-refractivity contribution in [1.29, 1.82) is 5.26 Å². The maximum Gasteiger partial charge on any atom is 0.276 e. The smallest absolute Gasteiger partial charge is 0.276 e. The standard InChI is InChI=1S/C19H15FN4O2/c1-24-17(14-9-13(20)7-8-18(14)26-2)10-16(23-24)19(25)22-15-6-4-3-5-12(15)11-21/h3-10H,1-2H3,(H,22,25). The number of carbonyl (C=O) groups is 1. The van der Waals surface area contributed by atoms with Crippen LogP contribution in [0.1, 0.15) is 16.1 Å². The van der Waals surface area contributed by atoms with E-state index in [4.69, 9.17) is 10.00 Å². The van der Waals surface area contributed by atoms with Gasteiger partial charge in [0, 0.05) is 12.6 Å². The lowest BCUT2D eigenvalue weighted by atomic mass is 10.1. The van der Waals surface area contributed by atoms with Crippen LogP contribution in [0.25, 0.3) is 11.3 Å². The second-order valence-electron chi connectivity index (χ2n) is 5.49. The fourth-order valence-electron chi connectivity index (χ4n) is 2.59. The normalized spacial score (nSPS) is 10.2. The minimum atomic E-state index is -0.468. The number of para-hydroxylation sites is 1. The van der Waals surface area contributed by atoms with E-state index in [9.17, 15) is 9.18 Å². The Hall–Kier alpha value is -3.66. The molecule has 3 rings (SSSR count). The van der Waals surface area contributed by atoms with Gasteiger partial charge in [-0.25, -0.2) is 4.39 Å². The molecule has 1 N–H and O–H groups in total. The molecule has 6 nitrogen and oxygen atoms in total. The third kappa shape index (κ3) is 3.26. The number of ether oxygens (including phenoxy) is 1. The molecule has 0 unspecified atom stereocenters. The van der Waals surface area contributed by atoms with E-state index in [1.807, 2.05) is 6.07 Å². The zero-order valence-electron chi connectivity index (χ0n) is 14.2. The first-order valence-electron chi connectivity index (χ1n) is 7.72. The number of carbonyl (C=O) groups excluding carboxylic acids is 1. The van der Waals surface area contributed by atoms with Crippen molar-refractivity contribution in [2.45, 2.75) is 0 Å². The summed E-state index contributed by atoms with van der Waals surface area (Å²) in [5.74, 6) is -0.419. The lowest BCUT2D eigenvalue weighted by molar-refractivity contribution is 0.102. The van der Waals surface area contributed by atoms with Crippen molar-refractivity contribution in [3.05, 3.63) is 65.6 Å². The van der Waals surface area contributed by atoms with Gasteiger partial charge in [-0.05, 0) is 36.4 Å². The molecule has 0 aliphatic carbocycles. The summed E-state index contributed by atoms with van der Waals surface area (Å²) in [6.07, 6.45) is 0. The van der Waals surface area contributed by atoms with E-state index in [2.05, 4.69) is 10.4 Å². The number of rotatable bonds is 4. The molecule has 0 saturated heterocycles. The summed E-state index contributed by atoms with van der Waals surface area (Å²) in [4.78, 5) is 12.5. The molecular formula is C19H15FN4O2. The van der Waals surface area contributed by atoms with Gasteiger partial charge in [-0.15, -0.1) is 0 Å². The monoisotopic (exact) mass is 350 g/mol. The summed E-state index contributed by atoms with van der Waals surface area (Å²) in [7, 11) is 3.14. The first-order valence-corrected chi connectivity index (χ1v) is 7.72. The van der Waals surface area contributed by atoms with Crippen molar-refractivity contribution in [3.8, 4) is 23.1 Å². The Morgan fingerprint density at radius 3 is 2.77 bits per heavy atom. The molecule has 0 fully saturated rings. The van der Waals surface area contributed by atoms with Crippen molar-refractivity contribution in [2.75, 3.05) is 12.4 Å². The summed E-state index contributed by atoms with van der Waals surface area (Å²) < 4.78 is 20.4. The summed E-state index contributed by atoms with van der Waals surface area (Å²) in [6.45, 7) is 0. The molecule has 0 spiro atoms. The Bertz CT molecular complexity index is 1020. The predicted octanol–water partition coefficient (Wildman–Crippen LogP) is 3.36. The Morgan fingerprint density at radius 2 is 2.04 bits per heavy atom. The highest BCUT2D eigenvalue weighted by molar-refractivity contribution is 6.04. The number of halogens is 1. The summed E-state index contributed by atoms with van der Waals surface area (Å²) in [5, 5.41) is 16.0. The minimum absolute atomic E-state index is 0.140. The quantitative estimate of drug-likeness (QED) is 0.782. The molecule has 7 heteroatoms. The molecule has 1 aromatic heterocycles. The topological polar surface area (TPSA) is 79.9 Å². The summed E-state index contributed by atoms with van der Waals surface area (Å²) in [5.41, 5.74) is 1.90. The summed E-state index contributed by atoms with van der Waals surface area (Å²) in [6, 6.07) is 14.4. The Labute approximate surface area is 149 Å². The van der Waals surface area contributed by atoms with Crippen LogP contribution in [0.15, 0.2) is 48.5 Å². The van der Waals surface area contributed by atoms with E-state index >= 15 is 0 Å². The third-order valence-electron chi connectivity index (χ3n) is 3.85. The number of amides is 1. The number of aromatic nitrogens is 2. The average molecular weight is 350 g/mol. The predicted molar refractivity (Wildman–Crippen MR) is 94.3 cm³/mol. The van der Waals surface area contributed by atoms with Crippen molar-refractivity contribution in [1.82, 2.24) is 9.78 Å². The van der Waals surface area contributed by atoms with E-state index < -0.39 is 11.7 Å². The second kappa shape index (κ2) is 7.07. The number of anilines is 1. The Kier molecular flexibility index (Phi) is 4.67. The second-order valence-corrected chi connectivity index (χ2v) is 5.49. The number of nitriles is 1. The largest absolute Gasteiger partial charge is 0.496 e. The van der Waals surface area contributed by atoms with Gasteiger partial charge in [0.05, 0.1) is 24.1 Å². The van der Waals surface area contributed by atoms with Gasteiger partial charge in [0.2, 0.25) is 0 Å². The molecule has 1 heterocycles. The van der Waals surface area contributed by atoms with Gasteiger partial charge in [-0.3, -0.25) is 9.48 Å². The molecule has 0 atom stereocenters. The molecule has 130 valence electrons. The van der Waals surface area contributed by atoms with E-state index in [-0.39, 0.29) is 5.69 Å². The van der Waals surface area contributed by atoms with Crippen molar-refractivity contribution in [2.24, 2.45) is 7.05 Å². The lowest BCUT2D eigenvalue weighted by Gasteiger charge is -2.08.